The van der Waals surface area contributed by atoms with E-state index in [-0.39, 0.29) is 0 Å². The van der Waals surface area contributed by atoms with Gasteiger partial charge in [-0.25, -0.2) is 4.98 Å². The third kappa shape index (κ3) is 4.38. The topological polar surface area (TPSA) is 44.2 Å². The van der Waals surface area contributed by atoms with Crippen molar-refractivity contribution in [3.63, 3.8) is 0 Å². The summed E-state index contributed by atoms with van der Waals surface area (Å²) in [5.41, 5.74) is 1.21. The van der Waals surface area contributed by atoms with E-state index < -0.39 is 0 Å². The molecule has 5 heteroatoms. The summed E-state index contributed by atoms with van der Waals surface area (Å²) in [6.07, 6.45) is 0.578. The van der Waals surface area contributed by atoms with Gasteiger partial charge in [0.05, 0.1) is 13.2 Å². The Hall–Kier alpha value is -1.81. The molecule has 0 saturated carbocycles. The summed E-state index contributed by atoms with van der Waals surface area (Å²) >= 11 is 5.93. The fraction of sp³-hybridized carbons (Fsp3) is 0.333. The largest absolute Gasteiger partial charge is 0.493 e. The SMILES string of the molecule is CCOc1cc(Cl)nc(CCOc2ccc(C)cc2)n1. The molecule has 0 amide bonds. The second kappa shape index (κ2) is 7.10. The molecule has 0 radical (unpaired) electrons. The number of ether oxygens (including phenoxy) is 2. The van der Waals surface area contributed by atoms with Gasteiger partial charge in [0.2, 0.25) is 5.88 Å². The van der Waals surface area contributed by atoms with Crippen LogP contribution < -0.4 is 9.47 Å². The molecule has 0 aliphatic carbocycles. The van der Waals surface area contributed by atoms with Gasteiger partial charge in [0.15, 0.2) is 0 Å². The van der Waals surface area contributed by atoms with E-state index >= 15 is 0 Å². The maximum Gasteiger partial charge on any atom is 0.218 e. The summed E-state index contributed by atoms with van der Waals surface area (Å²) in [6.45, 7) is 4.98. The van der Waals surface area contributed by atoms with E-state index in [2.05, 4.69) is 9.97 Å². The Bertz CT molecular complexity index is 558. The quantitative estimate of drug-likeness (QED) is 0.765. The zero-order valence-electron chi connectivity index (χ0n) is 11.6. The van der Waals surface area contributed by atoms with Gasteiger partial charge in [-0.05, 0) is 26.0 Å². The molecule has 0 atom stereocenters. The maximum atomic E-state index is 5.93. The molecule has 2 aromatic rings. The van der Waals surface area contributed by atoms with Crippen LogP contribution in [0.25, 0.3) is 0 Å². The van der Waals surface area contributed by atoms with Crippen molar-refractivity contribution in [2.75, 3.05) is 13.2 Å². The Labute approximate surface area is 123 Å². The highest BCUT2D eigenvalue weighted by atomic mass is 35.5. The van der Waals surface area contributed by atoms with Crippen LogP contribution in [0.5, 0.6) is 11.6 Å². The fourth-order valence-corrected chi connectivity index (χ4v) is 1.86. The van der Waals surface area contributed by atoms with Crippen molar-refractivity contribution in [1.29, 1.82) is 0 Å². The van der Waals surface area contributed by atoms with E-state index in [9.17, 15) is 0 Å². The number of aryl methyl sites for hydroxylation is 1. The lowest BCUT2D eigenvalue weighted by atomic mass is 10.2. The number of hydrogen-bond donors (Lipinski definition) is 0. The van der Waals surface area contributed by atoms with E-state index in [1.807, 2.05) is 38.1 Å². The van der Waals surface area contributed by atoms with E-state index in [1.165, 1.54) is 5.56 Å². The minimum atomic E-state index is 0.383. The number of benzene rings is 1. The van der Waals surface area contributed by atoms with Gasteiger partial charge in [0.1, 0.15) is 16.7 Å². The summed E-state index contributed by atoms with van der Waals surface area (Å²) in [5, 5.41) is 0.383. The van der Waals surface area contributed by atoms with Crippen molar-refractivity contribution in [2.24, 2.45) is 0 Å². The Morgan fingerprint density at radius 3 is 2.55 bits per heavy atom. The molecule has 0 N–H and O–H groups in total. The zero-order valence-corrected chi connectivity index (χ0v) is 12.4. The minimum Gasteiger partial charge on any atom is -0.493 e. The van der Waals surface area contributed by atoms with Crippen LogP contribution in [-0.4, -0.2) is 23.2 Å². The van der Waals surface area contributed by atoms with Crippen molar-refractivity contribution >= 4 is 11.6 Å². The van der Waals surface area contributed by atoms with E-state index in [0.717, 1.165) is 5.75 Å². The molecule has 1 heterocycles. The molecule has 2 rings (SSSR count). The van der Waals surface area contributed by atoms with Crippen molar-refractivity contribution < 1.29 is 9.47 Å². The third-order valence-electron chi connectivity index (χ3n) is 2.63. The smallest absolute Gasteiger partial charge is 0.218 e. The zero-order chi connectivity index (χ0) is 14.4. The summed E-state index contributed by atoms with van der Waals surface area (Å²) in [7, 11) is 0. The van der Waals surface area contributed by atoms with Gasteiger partial charge in [-0.3, -0.25) is 0 Å². The first-order valence-electron chi connectivity index (χ1n) is 6.53. The average Bonchev–Trinajstić information content (AvgIpc) is 2.41. The molecule has 1 aromatic carbocycles. The normalized spacial score (nSPS) is 10.3. The summed E-state index contributed by atoms with van der Waals surface area (Å²) in [4.78, 5) is 8.43. The molecule has 1 aromatic heterocycles. The van der Waals surface area contributed by atoms with Crippen molar-refractivity contribution in [3.05, 3.63) is 46.9 Å². The van der Waals surface area contributed by atoms with Crippen LogP contribution in [0.1, 0.15) is 18.3 Å². The van der Waals surface area contributed by atoms with E-state index in [4.69, 9.17) is 21.1 Å². The lowest BCUT2D eigenvalue weighted by molar-refractivity contribution is 0.311. The minimum absolute atomic E-state index is 0.383. The van der Waals surface area contributed by atoms with Crippen LogP contribution in [0.2, 0.25) is 5.15 Å². The lowest BCUT2D eigenvalue weighted by Gasteiger charge is -2.07. The molecule has 106 valence electrons. The molecule has 0 aliphatic rings. The van der Waals surface area contributed by atoms with Gasteiger partial charge in [0.25, 0.3) is 0 Å². The summed E-state index contributed by atoms with van der Waals surface area (Å²) in [6, 6.07) is 9.52. The predicted octanol–water partition coefficient (Wildman–Crippen LogP) is 3.46. The van der Waals surface area contributed by atoms with Gasteiger partial charge in [0, 0.05) is 12.5 Å². The Kier molecular flexibility index (Phi) is 5.18. The molecular weight excluding hydrogens is 276 g/mol. The molecule has 0 aliphatic heterocycles. The highest BCUT2D eigenvalue weighted by Gasteiger charge is 2.04. The Morgan fingerprint density at radius 2 is 1.85 bits per heavy atom. The first-order chi connectivity index (χ1) is 9.67. The predicted molar refractivity (Wildman–Crippen MR) is 78.6 cm³/mol. The molecule has 0 unspecified atom stereocenters. The van der Waals surface area contributed by atoms with Gasteiger partial charge < -0.3 is 9.47 Å². The van der Waals surface area contributed by atoms with Gasteiger partial charge in [-0.15, -0.1) is 0 Å². The second-order valence-corrected chi connectivity index (χ2v) is 4.68. The number of halogens is 1. The number of nitrogens with zero attached hydrogens (tertiary/aromatic N) is 2. The van der Waals surface area contributed by atoms with Crippen LogP contribution in [0.3, 0.4) is 0 Å². The summed E-state index contributed by atoms with van der Waals surface area (Å²) < 4.78 is 11.0. The number of rotatable bonds is 6. The monoisotopic (exact) mass is 292 g/mol. The van der Waals surface area contributed by atoms with E-state index in [0.29, 0.717) is 36.5 Å². The van der Waals surface area contributed by atoms with Crippen LogP contribution in [0.15, 0.2) is 30.3 Å². The van der Waals surface area contributed by atoms with Gasteiger partial charge in [-0.1, -0.05) is 29.3 Å². The van der Waals surface area contributed by atoms with Crippen LogP contribution in [-0.2, 0) is 6.42 Å². The molecule has 4 nitrogen and oxygen atoms in total. The standard InChI is InChI=1S/C15H17ClN2O2/c1-3-19-15-10-13(16)17-14(18-15)8-9-20-12-6-4-11(2)5-7-12/h4-7,10H,3,8-9H2,1-2H3. The second-order valence-electron chi connectivity index (χ2n) is 4.29. The molecule has 0 saturated heterocycles. The van der Waals surface area contributed by atoms with Crippen LogP contribution in [0.4, 0.5) is 0 Å². The molecule has 0 spiro atoms. The third-order valence-corrected chi connectivity index (χ3v) is 2.82. The first-order valence-corrected chi connectivity index (χ1v) is 6.91. The lowest BCUT2D eigenvalue weighted by Crippen LogP contribution is -2.06. The summed E-state index contributed by atoms with van der Waals surface area (Å²) in [5.74, 6) is 1.95. The van der Waals surface area contributed by atoms with Crippen molar-refractivity contribution in [1.82, 2.24) is 9.97 Å². The number of hydrogen-bond acceptors (Lipinski definition) is 4. The molecule has 0 fully saturated rings. The number of aromatic nitrogens is 2. The van der Waals surface area contributed by atoms with Crippen molar-refractivity contribution in [3.8, 4) is 11.6 Å². The maximum absolute atomic E-state index is 5.93. The van der Waals surface area contributed by atoms with E-state index in [1.54, 1.807) is 6.07 Å². The first kappa shape index (κ1) is 14.6. The molecule has 20 heavy (non-hydrogen) atoms. The average molecular weight is 293 g/mol. The fourth-order valence-electron chi connectivity index (χ4n) is 1.67. The highest BCUT2D eigenvalue weighted by molar-refractivity contribution is 6.29. The van der Waals surface area contributed by atoms with Gasteiger partial charge >= 0.3 is 0 Å². The Balaban J connectivity index is 1.91. The molecular formula is C15H17ClN2O2. The van der Waals surface area contributed by atoms with Gasteiger partial charge in [-0.2, -0.15) is 4.98 Å². The van der Waals surface area contributed by atoms with Crippen LogP contribution in [0, 0.1) is 6.92 Å². The Morgan fingerprint density at radius 1 is 1.10 bits per heavy atom. The highest BCUT2D eigenvalue weighted by Crippen LogP contribution is 2.15. The van der Waals surface area contributed by atoms with Crippen molar-refractivity contribution in [2.45, 2.75) is 20.3 Å². The molecule has 0 bridgehead atoms. The van der Waals surface area contributed by atoms with Crippen LogP contribution >= 0.6 is 11.6 Å².